The van der Waals surface area contributed by atoms with Crippen LogP contribution in [0.25, 0.3) is 0 Å². The first-order valence-corrected chi connectivity index (χ1v) is 10.9. The molecule has 0 bridgehead atoms. The fourth-order valence-electron chi connectivity index (χ4n) is 2.09. The Kier molecular flexibility index (Phi) is 5.53. The van der Waals surface area contributed by atoms with E-state index in [9.17, 15) is 4.79 Å². The Bertz CT molecular complexity index is 471. The summed E-state index contributed by atoms with van der Waals surface area (Å²) in [5, 5.41) is 1.53. The van der Waals surface area contributed by atoms with Gasteiger partial charge >= 0.3 is 0 Å². The van der Waals surface area contributed by atoms with Gasteiger partial charge in [-0.25, -0.2) is 0 Å². The summed E-state index contributed by atoms with van der Waals surface area (Å²) in [5.41, 5.74) is 0.658. The van der Waals surface area contributed by atoms with Gasteiger partial charge in [-0.15, -0.1) is 0 Å². The molecule has 19 heavy (non-hydrogen) atoms. The summed E-state index contributed by atoms with van der Waals surface area (Å²) >= 11 is 10.7. The van der Waals surface area contributed by atoms with E-state index in [0.29, 0.717) is 17.1 Å². The van der Waals surface area contributed by atoms with Crippen LogP contribution in [0.15, 0.2) is 18.2 Å². The predicted molar refractivity (Wildman–Crippen MR) is 89.6 cm³/mol. The van der Waals surface area contributed by atoms with Crippen molar-refractivity contribution in [1.82, 2.24) is 4.90 Å². The van der Waals surface area contributed by atoms with Crippen LogP contribution in [0.3, 0.4) is 0 Å². The minimum Gasteiger partial charge on any atom is -0.327 e. The van der Waals surface area contributed by atoms with E-state index in [4.69, 9.17) is 11.6 Å². The molecule has 0 N–H and O–H groups in total. The van der Waals surface area contributed by atoms with E-state index in [1.807, 2.05) is 26.0 Å². The van der Waals surface area contributed by atoms with Gasteiger partial charge in [-0.3, -0.25) is 4.79 Å². The zero-order valence-electron chi connectivity index (χ0n) is 12.2. The van der Waals surface area contributed by atoms with Crippen LogP contribution in [0.2, 0.25) is 24.7 Å². The van der Waals surface area contributed by atoms with E-state index in [2.05, 4.69) is 32.3 Å². The summed E-state index contributed by atoms with van der Waals surface area (Å²) in [6.07, 6.45) is 0. The Labute approximate surface area is 127 Å². The van der Waals surface area contributed by atoms with E-state index in [0.717, 1.165) is 5.19 Å². The van der Waals surface area contributed by atoms with Crippen molar-refractivity contribution in [2.45, 2.75) is 38.9 Å². The normalized spacial score (nSPS) is 13.2. The molecule has 0 aromatic heterocycles. The van der Waals surface area contributed by atoms with Crippen LogP contribution in [0.1, 0.15) is 24.2 Å². The van der Waals surface area contributed by atoms with Crippen molar-refractivity contribution < 1.29 is 4.79 Å². The second-order valence-corrected chi connectivity index (χ2v) is 11.8. The molecule has 1 amide bonds. The smallest absolute Gasteiger partial charge is 0.256 e. The summed E-state index contributed by atoms with van der Waals surface area (Å²) in [5.74, 6) is -0.0203. The van der Waals surface area contributed by atoms with Crippen molar-refractivity contribution in [2.24, 2.45) is 0 Å². The lowest BCUT2D eigenvalue weighted by Crippen LogP contribution is -2.45. The molecular weight excluding hydrogens is 294 g/mol. The maximum atomic E-state index is 12.7. The maximum absolute atomic E-state index is 12.7. The third-order valence-corrected chi connectivity index (χ3v) is 5.71. The molecule has 5 heteroatoms. The lowest BCUT2D eigenvalue weighted by atomic mass is 10.2. The zero-order valence-corrected chi connectivity index (χ0v) is 14.8. The second-order valence-electron chi connectivity index (χ2n) is 5.64. The SMILES string of the molecule is CCN(C(=O)c1c(Cl)cccc1[Si](C)(C)C)C(C)S. The molecule has 1 rings (SSSR count). The minimum atomic E-state index is -1.62. The monoisotopic (exact) mass is 315 g/mol. The number of nitrogens with zero attached hydrogens (tertiary/aromatic N) is 1. The van der Waals surface area contributed by atoms with E-state index in [1.54, 1.807) is 11.0 Å². The molecule has 1 atom stereocenters. The molecule has 0 aliphatic carbocycles. The lowest BCUT2D eigenvalue weighted by Gasteiger charge is -2.28. The average molecular weight is 316 g/mol. The summed E-state index contributed by atoms with van der Waals surface area (Å²) in [6, 6.07) is 5.74. The molecule has 1 aromatic rings. The molecule has 0 spiro atoms. The molecule has 0 radical (unpaired) electrons. The van der Waals surface area contributed by atoms with Crippen LogP contribution in [0.5, 0.6) is 0 Å². The number of thiol groups is 1. The third-order valence-electron chi connectivity index (χ3n) is 3.09. The van der Waals surface area contributed by atoms with E-state index in [-0.39, 0.29) is 11.3 Å². The Balaban J connectivity index is 3.37. The van der Waals surface area contributed by atoms with Crippen molar-refractivity contribution >= 4 is 43.4 Å². The number of benzene rings is 1. The number of hydrogen-bond acceptors (Lipinski definition) is 2. The average Bonchev–Trinajstić information content (AvgIpc) is 2.27. The van der Waals surface area contributed by atoms with E-state index in [1.165, 1.54) is 0 Å². The van der Waals surface area contributed by atoms with Gasteiger partial charge in [0.1, 0.15) is 0 Å². The molecular formula is C14H22ClNOSSi. The van der Waals surface area contributed by atoms with E-state index < -0.39 is 8.07 Å². The molecule has 0 heterocycles. The lowest BCUT2D eigenvalue weighted by molar-refractivity contribution is 0.0758. The largest absolute Gasteiger partial charge is 0.327 e. The van der Waals surface area contributed by atoms with Gasteiger partial charge in [-0.2, -0.15) is 12.6 Å². The number of rotatable bonds is 4. The van der Waals surface area contributed by atoms with Gasteiger partial charge in [0.2, 0.25) is 0 Å². The quantitative estimate of drug-likeness (QED) is 0.511. The van der Waals surface area contributed by atoms with Gasteiger partial charge in [0.15, 0.2) is 0 Å². The summed E-state index contributed by atoms with van der Waals surface area (Å²) in [6.45, 7) is 11.1. The summed E-state index contributed by atoms with van der Waals surface area (Å²) in [4.78, 5) is 14.5. The van der Waals surface area contributed by atoms with Crippen molar-refractivity contribution in [1.29, 1.82) is 0 Å². The van der Waals surface area contributed by atoms with E-state index >= 15 is 0 Å². The summed E-state index contributed by atoms with van der Waals surface area (Å²) < 4.78 is 0. The first kappa shape index (κ1) is 16.6. The standard InChI is InChI=1S/C14H22ClNOSSi/c1-6-16(10(2)18)14(17)13-11(15)8-7-9-12(13)19(3,4)5/h7-10,18H,6H2,1-5H3. The number of amides is 1. The van der Waals surface area contributed by atoms with Gasteiger partial charge in [0, 0.05) is 6.54 Å². The van der Waals surface area contributed by atoms with Gasteiger partial charge in [-0.1, -0.05) is 43.4 Å². The fourth-order valence-corrected chi connectivity index (χ4v) is 4.28. The van der Waals surface area contributed by atoms with Crippen LogP contribution in [-0.4, -0.2) is 30.8 Å². The van der Waals surface area contributed by atoms with Crippen molar-refractivity contribution in [2.75, 3.05) is 6.54 Å². The number of carbonyl (C=O) groups excluding carboxylic acids is 1. The summed E-state index contributed by atoms with van der Waals surface area (Å²) in [7, 11) is -1.62. The number of carbonyl (C=O) groups is 1. The van der Waals surface area contributed by atoms with Crippen LogP contribution in [0, 0.1) is 0 Å². The number of halogens is 1. The van der Waals surface area contributed by atoms with Crippen LogP contribution < -0.4 is 5.19 Å². The Morgan fingerprint density at radius 2 is 2.00 bits per heavy atom. The van der Waals surface area contributed by atoms with Crippen molar-refractivity contribution in [3.8, 4) is 0 Å². The van der Waals surface area contributed by atoms with Gasteiger partial charge in [-0.05, 0) is 25.1 Å². The highest BCUT2D eigenvalue weighted by atomic mass is 35.5. The zero-order chi connectivity index (χ0) is 14.8. The molecule has 1 unspecified atom stereocenters. The van der Waals surface area contributed by atoms with Crippen molar-refractivity contribution in [3.05, 3.63) is 28.8 Å². The molecule has 0 saturated carbocycles. The topological polar surface area (TPSA) is 20.3 Å². The van der Waals surface area contributed by atoms with Crippen LogP contribution >= 0.6 is 24.2 Å². The van der Waals surface area contributed by atoms with Crippen molar-refractivity contribution in [3.63, 3.8) is 0 Å². The van der Waals surface area contributed by atoms with Crippen LogP contribution in [-0.2, 0) is 0 Å². The molecule has 2 nitrogen and oxygen atoms in total. The molecule has 0 saturated heterocycles. The highest BCUT2D eigenvalue weighted by Gasteiger charge is 2.28. The van der Waals surface area contributed by atoms with Gasteiger partial charge in [0.05, 0.1) is 24.0 Å². The first-order valence-electron chi connectivity index (χ1n) is 6.48. The third kappa shape index (κ3) is 3.77. The molecule has 1 aromatic carbocycles. The minimum absolute atomic E-state index is 0.0203. The van der Waals surface area contributed by atoms with Crippen LogP contribution in [0.4, 0.5) is 0 Å². The number of hydrogen-bond donors (Lipinski definition) is 1. The Morgan fingerprint density at radius 1 is 1.42 bits per heavy atom. The molecule has 0 aliphatic rings. The predicted octanol–water partition coefficient (Wildman–Crippen LogP) is 3.62. The second kappa shape index (κ2) is 6.33. The molecule has 0 aliphatic heterocycles. The fraction of sp³-hybridized carbons (Fsp3) is 0.500. The molecule has 106 valence electrons. The Hall–Kier alpha value is -0.453. The first-order chi connectivity index (χ1) is 8.70. The van der Waals surface area contributed by atoms with Gasteiger partial charge < -0.3 is 4.90 Å². The molecule has 0 fully saturated rings. The highest BCUT2D eigenvalue weighted by molar-refractivity contribution is 7.80. The maximum Gasteiger partial charge on any atom is 0.256 e. The Morgan fingerprint density at radius 3 is 2.42 bits per heavy atom. The van der Waals surface area contributed by atoms with Gasteiger partial charge in [0.25, 0.3) is 5.91 Å². The highest BCUT2D eigenvalue weighted by Crippen LogP contribution is 2.20.